The van der Waals surface area contributed by atoms with E-state index in [1.807, 2.05) is 26.8 Å². The van der Waals surface area contributed by atoms with E-state index < -0.39 is 0 Å². The number of ether oxygens (including phenoxy) is 1. The first-order valence-electron chi connectivity index (χ1n) is 6.63. The van der Waals surface area contributed by atoms with Crippen LogP contribution >= 0.6 is 23.2 Å². The van der Waals surface area contributed by atoms with Crippen molar-refractivity contribution in [2.75, 3.05) is 19.7 Å². The highest BCUT2D eigenvalue weighted by atomic mass is 35.5. The molecule has 0 amide bonds. The summed E-state index contributed by atoms with van der Waals surface area (Å²) in [6.45, 7) is 7.91. The number of hydrogen-bond acceptors (Lipinski definition) is 4. The van der Waals surface area contributed by atoms with E-state index in [2.05, 4.69) is 9.88 Å². The molecule has 1 saturated heterocycles. The fourth-order valence-corrected chi connectivity index (χ4v) is 3.27. The van der Waals surface area contributed by atoms with Gasteiger partial charge in [-0.2, -0.15) is 0 Å². The lowest BCUT2D eigenvalue weighted by molar-refractivity contribution is -0.150. The van der Waals surface area contributed by atoms with Gasteiger partial charge in [-0.3, -0.25) is 4.90 Å². The molecule has 4 nitrogen and oxygen atoms in total. The Bertz CT molecular complexity index is 471. The van der Waals surface area contributed by atoms with Crippen molar-refractivity contribution in [3.63, 3.8) is 0 Å². The van der Waals surface area contributed by atoms with Crippen LogP contribution in [0.4, 0.5) is 0 Å². The van der Waals surface area contributed by atoms with Gasteiger partial charge in [0.2, 0.25) is 0 Å². The Kier molecular flexibility index (Phi) is 4.92. The van der Waals surface area contributed by atoms with Gasteiger partial charge in [-0.1, -0.05) is 23.2 Å². The summed E-state index contributed by atoms with van der Waals surface area (Å²) in [5, 5.41) is 10.4. The molecular weight excluding hydrogens is 299 g/mol. The molecule has 1 aliphatic heterocycles. The summed E-state index contributed by atoms with van der Waals surface area (Å²) in [7, 11) is 0. The van der Waals surface area contributed by atoms with Gasteiger partial charge in [0.25, 0.3) is 0 Å². The normalized spacial score (nSPS) is 23.0. The van der Waals surface area contributed by atoms with Gasteiger partial charge in [-0.15, -0.1) is 0 Å². The first-order chi connectivity index (χ1) is 9.30. The standard InChI is InChI=1S/C14H20Cl2N2O2/c1-9-4-12(15)11(13(16)17-9)6-18-5-10(7-19)20-14(2,3)8-18/h4,10,19H,5-8H2,1-3H3. The highest BCUT2D eigenvalue weighted by Crippen LogP contribution is 2.28. The molecule has 0 aromatic carbocycles. The number of aliphatic hydroxyl groups excluding tert-OH is 1. The van der Waals surface area contributed by atoms with Crippen LogP contribution in [0.1, 0.15) is 25.1 Å². The molecule has 1 aliphatic rings. The molecule has 1 atom stereocenters. The lowest BCUT2D eigenvalue weighted by Gasteiger charge is -2.42. The fraction of sp³-hybridized carbons (Fsp3) is 0.643. The number of morpholine rings is 1. The maximum absolute atomic E-state index is 9.34. The average Bonchev–Trinajstić information content (AvgIpc) is 2.31. The molecule has 0 spiro atoms. The molecule has 0 aliphatic carbocycles. The van der Waals surface area contributed by atoms with Gasteiger partial charge in [0.05, 0.1) is 18.3 Å². The van der Waals surface area contributed by atoms with Gasteiger partial charge in [-0.05, 0) is 26.8 Å². The van der Waals surface area contributed by atoms with E-state index in [4.69, 9.17) is 27.9 Å². The monoisotopic (exact) mass is 318 g/mol. The number of nitrogens with zero attached hydrogens (tertiary/aromatic N) is 2. The maximum Gasteiger partial charge on any atom is 0.135 e. The van der Waals surface area contributed by atoms with Crippen molar-refractivity contribution in [3.05, 3.63) is 27.5 Å². The van der Waals surface area contributed by atoms with Crippen LogP contribution in [0.2, 0.25) is 10.2 Å². The molecule has 1 aromatic heterocycles. The second-order valence-corrected chi connectivity index (χ2v) is 6.63. The zero-order valence-electron chi connectivity index (χ0n) is 12.0. The zero-order valence-corrected chi connectivity index (χ0v) is 13.5. The van der Waals surface area contributed by atoms with Crippen LogP contribution in [0.3, 0.4) is 0 Å². The largest absolute Gasteiger partial charge is 0.394 e. The third-order valence-corrected chi connectivity index (χ3v) is 3.93. The number of halogens is 2. The summed E-state index contributed by atoms with van der Waals surface area (Å²) in [5.74, 6) is 0. The van der Waals surface area contributed by atoms with E-state index in [1.54, 1.807) is 0 Å². The minimum absolute atomic E-state index is 0.00748. The quantitative estimate of drug-likeness (QED) is 0.870. The zero-order chi connectivity index (χ0) is 14.9. The maximum atomic E-state index is 9.34. The molecule has 2 heterocycles. The molecule has 0 bridgehead atoms. The van der Waals surface area contributed by atoms with Crippen LogP contribution in [0.25, 0.3) is 0 Å². The Hall–Kier alpha value is -0.390. The summed E-state index contributed by atoms with van der Waals surface area (Å²) >= 11 is 12.5. The Balaban J connectivity index is 2.17. The van der Waals surface area contributed by atoms with Gasteiger partial charge in [-0.25, -0.2) is 4.98 Å². The van der Waals surface area contributed by atoms with Crippen molar-refractivity contribution < 1.29 is 9.84 Å². The number of aromatic nitrogens is 1. The Morgan fingerprint density at radius 1 is 1.50 bits per heavy atom. The predicted molar refractivity (Wildman–Crippen MR) is 80.3 cm³/mol. The van der Waals surface area contributed by atoms with E-state index >= 15 is 0 Å². The topological polar surface area (TPSA) is 45.6 Å². The predicted octanol–water partition coefficient (Wildman–Crippen LogP) is 2.67. The van der Waals surface area contributed by atoms with Crippen molar-refractivity contribution in [1.29, 1.82) is 0 Å². The number of aliphatic hydroxyl groups is 1. The van der Waals surface area contributed by atoms with Crippen LogP contribution in [0.15, 0.2) is 6.07 Å². The molecule has 0 radical (unpaired) electrons. The Labute approximate surface area is 129 Å². The summed E-state index contributed by atoms with van der Waals surface area (Å²) in [6, 6.07) is 1.82. The van der Waals surface area contributed by atoms with E-state index in [0.717, 1.165) is 17.8 Å². The molecule has 112 valence electrons. The SMILES string of the molecule is Cc1cc(Cl)c(CN2CC(CO)OC(C)(C)C2)c(Cl)n1. The third kappa shape index (κ3) is 3.83. The van der Waals surface area contributed by atoms with Crippen LogP contribution < -0.4 is 0 Å². The van der Waals surface area contributed by atoms with E-state index in [1.165, 1.54) is 0 Å². The summed E-state index contributed by atoms with van der Waals surface area (Å²) in [4.78, 5) is 6.44. The van der Waals surface area contributed by atoms with Gasteiger partial charge >= 0.3 is 0 Å². The van der Waals surface area contributed by atoms with Crippen LogP contribution in [-0.2, 0) is 11.3 Å². The van der Waals surface area contributed by atoms with Crippen molar-refractivity contribution in [3.8, 4) is 0 Å². The number of pyridine rings is 1. The third-order valence-electron chi connectivity index (χ3n) is 3.28. The first-order valence-corrected chi connectivity index (χ1v) is 7.39. The molecule has 0 saturated carbocycles. The van der Waals surface area contributed by atoms with E-state index in [-0.39, 0.29) is 18.3 Å². The summed E-state index contributed by atoms with van der Waals surface area (Å²) in [6.07, 6.45) is -0.185. The first kappa shape index (κ1) is 16.0. The molecule has 1 aromatic rings. The molecular formula is C14H20Cl2N2O2. The number of hydrogen-bond donors (Lipinski definition) is 1. The highest BCUT2D eigenvalue weighted by Gasteiger charge is 2.33. The number of rotatable bonds is 3. The Morgan fingerprint density at radius 3 is 2.80 bits per heavy atom. The van der Waals surface area contributed by atoms with Gasteiger partial charge in [0, 0.05) is 35.9 Å². The van der Waals surface area contributed by atoms with Crippen molar-refractivity contribution >= 4 is 23.2 Å². The fourth-order valence-electron chi connectivity index (χ4n) is 2.62. The van der Waals surface area contributed by atoms with E-state index in [0.29, 0.717) is 23.3 Å². The smallest absolute Gasteiger partial charge is 0.135 e. The van der Waals surface area contributed by atoms with Gasteiger partial charge in [0.15, 0.2) is 0 Å². The highest BCUT2D eigenvalue weighted by molar-refractivity contribution is 6.35. The lowest BCUT2D eigenvalue weighted by atomic mass is 10.0. The number of aryl methyl sites for hydroxylation is 1. The second kappa shape index (κ2) is 6.16. The van der Waals surface area contributed by atoms with Crippen molar-refractivity contribution in [2.45, 2.75) is 39.0 Å². The summed E-state index contributed by atoms with van der Waals surface area (Å²) in [5.41, 5.74) is 1.33. The van der Waals surface area contributed by atoms with Crippen molar-refractivity contribution in [2.24, 2.45) is 0 Å². The molecule has 1 N–H and O–H groups in total. The van der Waals surface area contributed by atoms with Crippen molar-refractivity contribution in [1.82, 2.24) is 9.88 Å². The minimum atomic E-state index is -0.303. The van der Waals surface area contributed by atoms with Crippen LogP contribution in [0, 0.1) is 6.92 Å². The van der Waals surface area contributed by atoms with E-state index in [9.17, 15) is 5.11 Å². The molecule has 20 heavy (non-hydrogen) atoms. The minimum Gasteiger partial charge on any atom is -0.394 e. The second-order valence-electron chi connectivity index (χ2n) is 5.87. The van der Waals surface area contributed by atoms with Gasteiger partial charge in [0.1, 0.15) is 5.15 Å². The molecule has 1 unspecified atom stereocenters. The Morgan fingerprint density at radius 2 is 2.20 bits per heavy atom. The molecule has 6 heteroatoms. The average molecular weight is 319 g/mol. The molecule has 1 fully saturated rings. The molecule has 2 rings (SSSR count). The summed E-state index contributed by atoms with van der Waals surface area (Å²) < 4.78 is 5.80. The van der Waals surface area contributed by atoms with Gasteiger partial charge < -0.3 is 9.84 Å². The van der Waals surface area contributed by atoms with Crippen LogP contribution in [-0.4, -0.2) is 46.4 Å². The van der Waals surface area contributed by atoms with Crippen LogP contribution in [0.5, 0.6) is 0 Å². The lowest BCUT2D eigenvalue weighted by Crippen LogP contribution is -2.53.